The minimum atomic E-state index is -0.00167. The van der Waals surface area contributed by atoms with Gasteiger partial charge in [0.1, 0.15) is 5.75 Å². The first-order valence-corrected chi connectivity index (χ1v) is 10.8. The molecular weight excluding hydrogens is 390 g/mol. The van der Waals surface area contributed by atoms with Crippen LogP contribution in [0.1, 0.15) is 32.6 Å². The van der Waals surface area contributed by atoms with Gasteiger partial charge in [-0.15, -0.1) is 0 Å². The molecule has 1 unspecified atom stereocenters. The fourth-order valence-electron chi connectivity index (χ4n) is 4.47. The Bertz CT molecular complexity index is 1040. The highest BCUT2D eigenvalue weighted by molar-refractivity contribution is 5.79. The number of nitrogens with zero attached hydrogens (tertiary/aromatic N) is 1. The van der Waals surface area contributed by atoms with Crippen molar-refractivity contribution in [2.75, 3.05) is 12.4 Å². The molecule has 31 heavy (non-hydrogen) atoms. The van der Waals surface area contributed by atoms with Crippen LogP contribution in [0.3, 0.4) is 0 Å². The molecule has 0 amide bonds. The number of aldehydes is 1. The maximum Gasteiger partial charge on any atom is 0.184 e. The van der Waals surface area contributed by atoms with Gasteiger partial charge < -0.3 is 19.8 Å². The number of hydrogen-bond acceptors (Lipinski definition) is 5. The predicted molar refractivity (Wildman–Crippen MR) is 122 cm³/mol. The molecule has 1 heterocycles. The van der Waals surface area contributed by atoms with E-state index >= 15 is 0 Å². The Labute approximate surface area is 182 Å². The smallest absolute Gasteiger partial charge is 0.184 e. The second-order valence-electron chi connectivity index (χ2n) is 8.09. The molecule has 0 spiro atoms. The van der Waals surface area contributed by atoms with Gasteiger partial charge in [-0.1, -0.05) is 18.2 Å². The third-order valence-corrected chi connectivity index (χ3v) is 6.16. The number of anilines is 1. The Morgan fingerprint density at radius 2 is 1.94 bits per heavy atom. The molecule has 4 rings (SSSR count). The zero-order valence-electron chi connectivity index (χ0n) is 18.0. The van der Waals surface area contributed by atoms with E-state index in [1.54, 1.807) is 13.4 Å². The molecule has 1 aromatic heterocycles. The number of carbonyl (C=O) groups is 1. The van der Waals surface area contributed by atoms with E-state index in [4.69, 9.17) is 9.47 Å². The standard InChI is InChI=1S/C25H29N3O3/c1-17(24(15-29)30-2)25(28-19-10-13-22-23(14-19)27-16-26-22)18-8-11-21(12-9-18)31-20-6-4-3-5-7-20/h3-7,10,13-16,18,21,25,28H,8-9,11-12H2,1-2H3,(H,26,27)/b24-17+. The summed E-state index contributed by atoms with van der Waals surface area (Å²) in [6.07, 6.45) is 6.69. The van der Waals surface area contributed by atoms with Gasteiger partial charge >= 0.3 is 0 Å². The van der Waals surface area contributed by atoms with Gasteiger partial charge in [0.15, 0.2) is 12.0 Å². The van der Waals surface area contributed by atoms with Crippen molar-refractivity contribution in [3.63, 3.8) is 0 Å². The molecule has 0 bridgehead atoms. The SMILES string of the molecule is CO/C(C=O)=C(\C)C(Nc1ccc2nc[nH]c2c1)C1CCC(Oc2ccccc2)CC1. The largest absolute Gasteiger partial charge is 0.493 e. The normalized spacial score (nSPS) is 20.6. The Morgan fingerprint density at radius 1 is 1.16 bits per heavy atom. The molecule has 1 atom stereocenters. The fourth-order valence-corrected chi connectivity index (χ4v) is 4.47. The third-order valence-electron chi connectivity index (χ3n) is 6.16. The third kappa shape index (κ3) is 4.90. The van der Waals surface area contributed by atoms with Crippen LogP contribution in [-0.4, -0.2) is 35.5 Å². The number of hydrogen-bond donors (Lipinski definition) is 2. The number of rotatable bonds is 8. The number of allylic oxidation sites excluding steroid dienone is 1. The van der Waals surface area contributed by atoms with Crippen molar-refractivity contribution in [1.29, 1.82) is 0 Å². The number of fused-ring (bicyclic) bond motifs is 1. The molecule has 1 aliphatic carbocycles. The second-order valence-corrected chi connectivity index (χ2v) is 8.09. The summed E-state index contributed by atoms with van der Waals surface area (Å²) in [6, 6.07) is 16.1. The van der Waals surface area contributed by atoms with Gasteiger partial charge in [0.05, 0.1) is 36.6 Å². The average molecular weight is 420 g/mol. The Hall–Kier alpha value is -3.28. The van der Waals surface area contributed by atoms with E-state index in [1.807, 2.05) is 49.4 Å². The van der Waals surface area contributed by atoms with E-state index in [9.17, 15) is 4.79 Å². The minimum Gasteiger partial charge on any atom is -0.493 e. The molecule has 1 aliphatic rings. The van der Waals surface area contributed by atoms with Crippen molar-refractivity contribution in [1.82, 2.24) is 9.97 Å². The number of methoxy groups -OCH3 is 1. The maximum absolute atomic E-state index is 11.6. The lowest BCUT2D eigenvalue weighted by Gasteiger charge is -2.35. The number of aromatic amines is 1. The van der Waals surface area contributed by atoms with Gasteiger partial charge in [0.25, 0.3) is 0 Å². The summed E-state index contributed by atoms with van der Waals surface area (Å²) in [5.41, 5.74) is 3.82. The molecule has 6 nitrogen and oxygen atoms in total. The van der Waals surface area contributed by atoms with Crippen molar-refractivity contribution in [3.8, 4) is 5.75 Å². The lowest BCUT2D eigenvalue weighted by atomic mass is 9.79. The highest BCUT2D eigenvalue weighted by Crippen LogP contribution is 2.34. The summed E-state index contributed by atoms with van der Waals surface area (Å²) in [6.45, 7) is 1.98. The number of imidazole rings is 1. The second kappa shape index (κ2) is 9.69. The summed E-state index contributed by atoms with van der Waals surface area (Å²) in [5, 5.41) is 3.66. The lowest BCUT2D eigenvalue weighted by Crippen LogP contribution is -2.36. The summed E-state index contributed by atoms with van der Waals surface area (Å²) in [5.74, 6) is 1.69. The molecule has 0 saturated heterocycles. The fraction of sp³-hybridized carbons (Fsp3) is 0.360. The Kier molecular flexibility index (Phi) is 6.55. The number of benzene rings is 2. The molecule has 1 saturated carbocycles. The number of aromatic nitrogens is 2. The van der Waals surface area contributed by atoms with E-state index < -0.39 is 0 Å². The van der Waals surface area contributed by atoms with Crippen LogP contribution in [0.25, 0.3) is 11.0 Å². The van der Waals surface area contributed by atoms with Crippen LogP contribution < -0.4 is 10.1 Å². The number of H-pyrrole nitrogens is 1. The number of nitrogens with one attached hydrogen (secondary N) is 2. The quantitative estimate of drug-likeness (QED) is 0.302. The van der Waals surface area contributed by atoms with Crippen LogP contribution in [0, 0.1) is 5.92 Å². The van der Waals surface area contributed by atoms with Crippen molar-refractivity contribution in [2.45, 2.75) is 44.8 Å². The maximum atomic E-state index is 11.6. The van der Waals surface area contributed by atoms with E-state index in [-0.39, 0.29) is 12.1 Å². The molecule has 3 aromatic rings. The van der Waals surface area contributed by atoms with Crippen LogP contribution in [0.5, 0.6) is 5.75 Å². The molecule has 2 aromatic carbocycles. The highest BCUT2D eigenvalue weighted by atomic mass is 16.5. The molecular formula is C25H29N3O3. The summed E-state index contributed by atoms with van der Waals surface area (Å²) < 4.78 is 11.5. The van der Waals surface area contributed by atoms with Crippen LogP contribution in [0.2, 0.25) is 0 Å². The van der Waals surface area contributed by atoms with Crippen molar-refractivity contribution in [3.05, 3.63) is 66.2 Å². The summed E-state index contributed by atoms with van der Waals surface area (Å²) in [7, 11) is 1.55. The Balaban J connectivity index is 1.50. The van der Waals surface area contributed by atoms with Gasteiger partial charge in [0.2, 0.25) is 0 Å². The van der Waals surface area contributed by atoms with E-state index in [1.165, 1.54) is 0 Å². The first-order valence-electron chi connectivity index (χ1n) is 10.8. The zero-order chi connectivity index (χ0) is 21.6. The zero-order valence-corrected chi connectivity index (χ0v) is 18.0. The van der Waals surface area contributed by atoms with Crippen molar-refractivity contribution in [2.24, 2.45) is 5.92 Å². The number of ether oxygens (including phenoxy) is 2. The summed E-state index contributed by atoms with van der Waals surface area (Å²) in [4.78, 5) is 19.0. The number of para-hydroxylation sites is 1. The summed E-state index contributed by atoms with van der Waals surface area (Å²) >= 11 is 0. The predicted octanol–water partition coefficient (Wildman–Crippen LogP) is 5.10. The first-order chi connectivity index (χ1) is 15.2. The monoisotopic (exact) mass is 419 g/mol. The molecule has 162 valence electrons. The van der Waals surface area contributed by atoms with Gasteiger partial charge in [-0.2, -0.15) is 0 Å². The average Bonchev–Trinajstić information content (AvgIpc) is 3.27. The van der Waals surface area contributed by atoms with Gasteiger partial charge in [-0.25, -0.2) is 4.98 Å². The Morgan fingerprint density at radius 3 is 2.65 bits per heavy atom. The van der Waals surface area contributed by atoms with Crippen LogP contribution in [-0.2, 0) is 9.53 Å². The first kappa shape index (κ1) is 21.0. The van der Waals surface area contributed by atoms with E-state index in [0.29, 0.717) is 11.7 Å². The van der Waals surface area contributed by atoms with E-state index in [0.717, 1.165) is 60.0 Å². The number of carbonyl (C=O) groups excluding carboxylic acids is 1. The van der Waals surface area contributed by atoms with Crippen LogP contribution in [0.4, 0.5) is 5.69 Å². The van der Waals surface area contributed by atoms with Gasteiger partial charge in [-0.3, -0.25) is 4.79 Å². The lowest BCUT2D eigenvalue weighted by molar-refractivity contribution is -0.107. The molecule has 1 fully saturated rings. The van der Waals surface area contributed by atoms with Gasteiger partial charge in [-0.05, 0) is 74.4 Å². The molecule has 0 aliphatic heterocycles. The van der Waals surface area contributed by atoms with Crippen molar-refractivity contribution < 1.29 is 14.3 Å². The highest BCUT2D eigenvalue weighted by Gasteiger charge is 2.31. The van der Waals surface area contributed by atoms with Crippen LogP contribution in [0.15, 0.2) is 66.2 Å². The topological polar surface area (TPSA) is 76.2 Å². The van der Waals surface area contributed by atoms with Gasteiger partial charge in [0, 0.05) is 5.69 Å². The minimum absolute atomic E-state index is 0.00167. The van der Waals surface area contributed by atoms with Crippen molar-refractivity contribution >= 4 is 23.0 Å². The molecule has 2 N–H and O–H groups in total. The van der Waals surface area contributed by atoms with E-state index in [2.05, 4.69) is 21.4 Å². The van der Waals surface area contributed by atoms with Crippen LogP contribution >= 0.6 is 0 Å². The molecule has 6 heteroatoms. The molecule has 0 radical (unpaired) electrons.